The smallest absolute Gasteiger partial charge is 0.307 e. The maximum absolute atomic E-state index is 12.3. The Bertz CT molecular complexity index is 672. The molecule has 164 valence electrons. The van der Waals surface area contributed by atoms with Gasteiger partial charge in [-0.1, -0.05) is 51.1 Å². The molecule has 0 unspecified atom stereocenters. The van der Waals surface area contributed by atoms with Gasteiger partial charge in [0, 0.05) is 6.54 Å². The van der Waals surface area contributed by atoms with E-state index >= 15 is 0 Å². The molecule has 1 aliphatic rings. The second kappa shape index (κ2) is 9.26. The second-order valence-electron chi connectivity index (χ2n) is 9.63. The first-order valence-corrected chi connectivity index (χ1v) is 13.1. The number of carbonyl (C=O) groups is 1. The van der Waals surface area contributed by atoms with Gasteiger partial charge in [-0.15, -0.1) is 0 Å². The lowest BCUT2D eigenvalue weighted by molar-refractivity contribution is -0.186. The first kappa shape index (κ1) is 24.0. The van der Waals surface area contributed by atoms with E-state index in [1.54, 1.807) is 0 Å². The molecule has 29 heavy (non-hydrogen) atoms. The lowest BCUT2D eigenvalue weighted by atomic mass is 10.1. The van der Waals surface area contributed by atoms with Crippen LogP contribution < -0.4 is 0 Å². The van der Waals surface area contributed by atoms with Gasteiger partial charge in [0.25, 0.3) is 0 Å². The number of esters is 1. The van der Waals surface area contributed by atoms with Crippen LogP contribution in [0.15, 0.2) is 30.3 Å². The second-order valence-corrected chi connectivity index (χ2v) is 14.3. The largest absolute Gasteiger partial charge is 0.469 e. The zero-order chi connectivity index (χ0) is 21.9. The van der Waals surface area contributed by atoms with Crippen LogP contribution >= 0.6 is 0 Å². The van der Waals surface area contributed by atoms with E-state index < -0.39 is 14.1 Å². The molecule has 0 amide bonds. The summed E-state index contributed by atoms with van der Waals surface area (Å²) in [5.41, 5.74) is 1.11. The lowest BCUT2D eigenvalue weighted by Crippen LogP contribution is -2.53. The Morgan fingerprint density at radius 1 is 1.28 bits per heavy atom. The highest BCUT2D eigenvalue weighted by Gasteiger charge is 2.45. The van der Waals surface area contributed by atoms with Crippen LogP contribution in [-0.4, -0.2) is 51.0 Å². The van der Waals surface area contributed by atoms with Crippen molar-refractivity contribution in [1.82, 2.24) is 5.06 Å². The Kier molecular flexibility index (Phi) is 7.67. The first-order chi connectivity index (χ1) is 13.3. The molecular weight excluding hydrogens is 386 g/mol. The number of nitrogens with zero attached hydrogens (tertiary/aromatic N) is 1. The summed E-state index contributed by atoms with van der Waals surface area (Å²) in [6.45, 7) is 15.7. The molecule has 7 heteroatoms. The lowest BCUT2D eigenvalue weighted by Gasteiger charge is -2.43. The van der Waals surface area contributed by atoms with Crippen LogP contribution in [-0.2, 0) is 30.1 Å². The predicted molar refractivity (Wildman–Crippen MR) is 116 cm³/mol. The van der Waals surface area contributed by atoms with Crippen molar-refractivity contribution in [2.24, 2.45) is 0 Å². The molecule has 1 heterocycles. The number of hydroxylamine groups is 2. The molecule has 0 aromatic heterocycles. The van der Waals surface area contributed by atoms with Gasteiger partial charge in [0.15, 0.2) is 5.79 Å². The molecule has 1 fully saturated rings. The maximum atomic E-state index is 12.3. The summed E-state index contributed by atoms with van der Waals surface area (Å²) >= 11 is 0. The molecule has 1 saturated heterocycles. The van der Waals surface area contributed by atoms with Gasteiger partial charge in [0.05, 0.1) is 26.2 Å². The highest BCUT2D eigenvalue weighted by atomic mass is 28.4. The zero-order valence-corrected chi connectivity index (χ0v) is 20.2. The number of carbonyl (C=O) groups excluding carboxylic acids is 1. The van der Waals surface area contributed by atoms with Gasteiger partial charge in [-0.25, -0.2) is 0 Å². The van der Waals surface area contributed by atoms with E-state index in [4.69, 9.17) is 18.7 Å². The number of hydrogen-bond donors (Lipinski definition) is 0. The van der Waals surface area contributed by atoms with Crippen molar-refractivity contribution in [2.45, 2.75) is 83.6 Å². The number of methoxy groups -OCH3 is 1. The molecule has 0 spiro atoms. The fraction of sp³-hybridized carbons (Fsp3) is 0.682. The third-order valence-electron chi connectivity index (χ3n) is 5.77. The van der Waals surface area contributed by atoms with Crippen LogP contribution in [0, 0.1) is 0 Å². The van der Waals surface area contributed by atoms with Gasteiger partial charge in [-0.3, -0.25) is 4.79 Å². The van der Waals surface area contributed by atoms with Crippen LogP contribution in [0.2, 0.25) is 18.1 Å². The summed E-state index contributed by atoms with van der Waals surface area (Å²) in [6.07, 6.45) is -0.125. The van der Waals surface area contributed by atoms with Crippen LogP contribution in [0.3, 0.4) is 0 Å². The summed E-state index contributed by atoms with van der Waals surface area (Å²) in [5, 5.41) is 1.96. The average molecular weight is 424 g/mol. The first-order valence-electron chi connectivity index (χ1n) is 10.2. The van der Waals surface area contributed by atoms with Gasteiger partial charge < -0.3 is 18.7 Å². The zero-order valence-electron chi connectivity index (χ0n) is 19.2. The summed E-state index contributed by atoms with van der Waals surface area (Å²) in [6, 6.07) is 9.81. The van der Waals surface area contributed by atoms with E-state index in [-0.39, 0.29) is 29.6 Å². The molecule has 0 radical (unpaired) electrons. The minimum Gasteiger partial charge on any atom is -0.469 e. The molecule has 2 rings (SSSR count). The Balaban J connectivity index is 2.37. The van der Waals surface area contributed by atoms with Crippen molar-refractivity contribution in [1.29, 1.82) is 0 Å². The SMILES string of the molecule is COC(=O)C[C@H]([C@H]1COC(C)(C)O1)N(Cc1ccccc1)O[Si](C)(C)C(C)(C)C. The Morgan fingerprint density at radius 2 is 1.90 bits per heavy atom. The minimum atomic E-state index is -2.16. The van der Waals surface area contributed by atoms with Gasteiger partial charge >= 0.3 is 5.97 Å². The standard InChI is InChI=1S/C22H37NO5Si/c1-21(2,3)29(7,8)28-23(15-17-12-10-9-11-13-17)18(14-20(24)25-6)19-16-26-22(4,5)27-19/h9-13,18-19H,14-16H2,1-8H3/t18-,19-/m1/s1. The molecule has 0 aliphatic carbocycles. The third-order valence-corrected chi connectivity index (χ3v) is 10.1. The molecular formula is C22H37NO5Si. The van der Waals surface area contributed by atoms with E-state index in [2.05, 4.69) is 46.0 Å². The Morgan fingerprint density at radius 3 is 2.38 bits per heavy atom. The van der Waals surface area contributed by atoms with Crippen LogP contribution in [0.4, 0.5) is 0 Å². The fourth-order valence-corrected chi connectivity index (χ4v) is 4.05. The normalized spacial score (nSPS) is 20.7. The van der Waals surface area contributed by atoms with E-state index in [9.17, 15) is 4.79 Å². The Hall–Kier alpha value is -1.25. The quantitative estimate of drug-likeness (QED) is 0.348. The fourth-order valence-electron chi connectivity index (χ4n) is 2.99. The van der Waals surface area contributed by atoms with Crippen molar-refractivity contribution in [2.75, 3.05) is 13.7 Å². The summed E-state index contributed by atoms with van der Waals surface area (Å²) < 4.78 is 23.6. The molecule has 0 bridgehead atoms. The van der Waals surface area contributed by atoms with Gasteiger partial charge in [-0.05, 0) is 37.5 Å². The van der Waals surface area contributed by atoms with Crippen molar-refractivity contribution >= 4 is 14.3 Å². The van der Waals surface area contributed by atoms with E-state index in [0.29, 0.717) is 13.2 Å². The molecule has 1 aromatic rings. The van der Waals surface area contributed by atoms with Crippen molar-refractivity contribution in [3.63, 3.8) is 0 Å². The highest BCUT2D eigenvalue weighted by molar-refractivity contribution is 6.74. The van der Waals surface area contributed by atoms with E-state index in [1.807, 2.05) is 37.1 Å². The van der Waals surface area contributed by atoms with E-state index in [0.717, 1.165) is 5.56 Å². The van der Waals surface area contributed by atoms with Crippen LogP contribution in [0.25, 0.3) is 0 Å². The molecule has 2 atom stereocenters. The third kappa shape index (κ3) is 6.62. The molecule has 0 saturated carbocycles. The predicted octanol–water partition coefficient (Wildman–Crippen LogP) is 4.51. The summed E-state index contributed by atoms with van der Waals surface area (Å²) in [4.78, 5) is 12.3. The number of benzene rings is 1. The molecule has 1 aliphatic heterocycles. The Labute approximate surface area is 176 Å². The average Bonchev–Trinajstić information content (AvgIpc) is 2.98. The van der Waals surface area contributed by atoms with Gasteiger partial charge in [0.2, 0.25) is 8.32 Å². The van der Waals surface area contributed by atoms with Crippen LogP contribution in [0.1, 0.15) is 46.6 Å². The topological polar surface area (TPSA) is 57.2 Å². The van der Waals surface area contributed by atoms with Crippen molar-refractivity contribution in [3.8, 4) is 0 Å². The van der Waals surface area contributed by atoms with Crippen LogP contribution in [0.5, 0.6) is 0 Å². The molecule has 1 aromatic carbocycles. The number of rotatable bonds is 8. The number of ether oxygens (including phenoxy) is 3. The highest BCUT2D eigenvalue weighted by Crippen LogP contribution is 2.39. The maximum Gasteiger partial charge on any atom is 0.307 e. The minimum absolute atomic E-state index is 0.0179. The molecule has 0 N–H and O–H groups in total. The summed E-state index contributed by atoms with van der Waals surface area (Å²) in [7, 11) is -0.747. The van der Waals surface area contributed by atoms with Crippen molar-refractivity contribution < 1.29 is 23.5 Å². The monoisotopic (exact) mass is 423 g/mol. The molecule has 6 nitrogen and oxygen atoms in total. The number of hydrogen-bond acceptors (Lipinski definition) is 6. The van der Waals surface area contributed by atoms with Crippen molar-refractivity contribution in [3.05, 3.63) is 35.9 Å². The summed E-state index contributed by atoms with van der Waals surface area (Å²) in [5.74, 6) is -0.978. The van der Waals surface area contributed by atoms with Gasteiger partial charge in [0.1, 0.15) is 6.10 Å². The van der Waals surface area contributed by atoms with E-state index in [1.165, 1.54) is 7.11 Å². The van der Waals surface area contributed by atoms with Gasteiger partial charge in [-0.2, -0.15) is 5.06 Å².